The van der Waals surface area contributed by atoms with Crippen LogP contribution in [0.2, 0.25) is 0 Å². The molecule has 0 amide bonds. The molecule has 3 N–H and O–H groups in total. The van der Waals surface area contributed by atoms with Crippen LogP contribution in [0.15, 0.2) is 49.4 Å². The highest BCUT2D eigenvalue weighted by Crippen LogP contribution is 2.34. The van der Waals surface area contributed by atoms with E-state index < -0.39 is 32.5 Å². The monoisotopic (exact) mass is 450 g/mol. The van der Waals surface area contributed by atoms with Crippen LogP contribution in [0.4, 0.5) is 0 Å². The normalized spacial score (nSPS) is 26.3. The standard InChI is InChI=1S/C14H26N6.C7H8O3S/c1-11(2,13(5)15-7-8-16-13)19-20-12(3,4)14(6)17-9-10-18-14;1-6-2-4-7(5-3-6)11(8,9)10/h7,9,16,18H,8,10H2,1-6H3;2-5H,1H3,(H,8,9,10). The summed E-state index contributed by atoms with van der Waals surface area (Å²) in [5.41, 5.74) is -0.691. The van der Waals surface area contributed by atoms with Crippen molar-refractivity contribution in [3.05, 3.63) is 29.8 Å². The molecule has 0 saturated carbocycles. The van der Waals surface area contributed by atoms with Crippen LogP contribution >= 0.6 is 0 Å². The van der Waals surface area contributed by atoms with Crippen LogP contribution in [-0.2, 0) is 10.1 Å². The van der Waals surface area contributed by atoms with Crippen LogP contribution in [-0.4, -0.2) is 60.9 Å². The van der Waals surface area contributed by atoms with Crippen LogP contribution in [0.3, 0.4) is 0 Å². The molecular weight excluding hydrogens is 416 g/mol. The Bertz CT molecular complexity index is 927. The average molecular weight is 451 g/mol. The first-order valence-electron chi connectivity index (χ1n) is 10.2. The zero-order chi connectivity index (χ0) is 23.6. The van der Waals surface area contributed by atoms with Crippen molar-refractivity contribution in [2.45, 2.75) is 75.8 Å². The summed E-state index contributed by atoms with van der Waals surface area (Å²) in [6, 6.07) is 5.99. The number of benzene rings is 1. The number of aryl methyl sites for hydroxylation is 1. The van der Waals surface area contributed by atoms with Crippen molar-refractivity contribution in [2.24, 2.45) is 20.2 Å². The summed E-state index contributed by atoms with van der Waals surface area (Å²) in [5, 5.41) is 15.9. The third kappa shape index (κ3) is 5.82. The molecule has 10 heteroatoms. The van der Waals surface area contributed by atoms with E-state index in [1.807, 2.05) is 19.4 Å². The Morgan fingerprint density at radius 3 is 1.58 bits per heavy atom. The Kier molecular flexibility index (Phi) is 7.21. The van der Waals surface area contributed by atoms with E-state index in [0.29, 0.717) is 0 Å². The molecular formula is C21H34N6O3S. The molecule has 2 atom stereocenters. The lowest BCUT2D eigenvalue weighted by atomic mass is 9.89. The van der Waals surface area contributed by atoms with Gasteiger partial charge in [0.05, 0.1) is 4.90 Å². The van der Waals surface area contributed by atoms with Gasteiger partial charge < -0.3 is 0 Å². The van der Waals surface area contributed by atoms with E-state index in [-0.39, 0.29) is 4.90 Å². The molecule has 9 nitrogen and oxygen atoms in total. The van der Waals surface area contributed by atoms with Gasteiger partial charge in [-0.1, -0.05) is 17.7 Å². The maximum absolute atomic E-state index is 10.5. The number of aliphatic imine (C=N–C) groups is 2. The number of nitrogens with one attached hydrogen (secondary N) is 2. The Hall–Kier alpha value is -2.01. The van der Waals surface area contributed by atoms with Gasteiger partial charge in [-0.2, -0.15) is 18.6 Å². The number of hydrogen-bond acceptors (Lipinski definition) is 8. The van der Waals surface area contributed by atoms with Gasteiger partial charge >= 0.3 is 0 Å². The smallest absolute Gasteiger partial charge is 0.286 e. The summed E-state index contributed by atoms with van der Waals surface area (Å²) in [7, 11) is -4.02. The molecule has 0 saturated heterocycles. The fraction of sp³-hybridized carbons (Fsp3) is 0.619. The maximum Gasteiger partial charge on any atom is 0.294 e. The van der Waals surface area contributed by atoms with Crippen molar-refractivity contribution in [3.8, 4) is 0 Å². The van der Waals surface area contributed by atoms with Crippen LogP contribution in [0.1, 0.15) is 47.1 Å². The summed E-state index contributed by atoms with van der Waals surface area (Å²) < 4.78 is 29.6. The molecule has 0 radical (unpaired) electrons. The summed E-state index contributed by atoms with van der Waals surface area (Å²) >= 11 is 0. The third-order valence-corrected chi connectivity index (χ3v) is 6.89. The Morgan fingerprint density at radius 2 is 1.29 bits per heavy atom. The summed E-state index contributed by atoms with van der Waals surface area (Å²) in [6.45, 7) is 15.7. The number of azo groups is 1. The highest BCUT2D eigenvalue weighted by atomic mass is 32.2. The minimum absolute atomic E-state index is 0.0666. The average Bonchev–Trinajstić information content (AvgIpc) is 3.31. The van der Waals surface area contributed by atoms with Crippen LogP contribution < -0.4 is 10.6 Å². The van der Waals surface area contributed by atoms with Crippen LogP contribution in [0.5, 0.6) is 0 Å². The molecule has 3 rings (SSSR count). The molecule has 2 aliphatic heterocycles. The van der Waals surface area contributed by atoms with Gasteiger partial charge in [0.15, 0.2) is 0 Å². The molecule has 0 aliphatic carbocycles. The molecule has 0 aromatic heterocycles. The zero-order valence-corrected chi connectivity index (χ0v) is 20.2. The summed E-state index contributed by atoms with van der Waals surface area (Å²) in [6.07, 6.45) is 3.79. The first kappa shape index (κ1) is 25.3. The van der Waals surface area contributed by atoms with E-state index in [4.69, 9.17) is 4.55 Å². The second-order valence-corrected chi connectivity index (χ2v) is 10.6. The van der Waals surface area contributed by atoms with E-state index in [1.54, 1.807) is 12.1 Å². The first-order chi connectivity index (χ1) is 14.1. The zero-order valence-electron chi connectivity index (χ0n) is 19.3. The fourth-order valence-corrected chi connectivity index (χ4v) is 3.42. The second kappa shape index (κ2) is 8.85. The SMILES string of the molecule is CC(C)(N=NC(C)(C)C1(C)N=CCN1)C1(C)N=CCN1.Cc1ccc(S(=O)(=O)O)cc1. The Balaban J connectivity index is 0.000000262. The van der Waals surface area contributed by atoms with Gasteiger partial charge in [0, 0.05) is 25.5 Å². The van der Waals surface area contributed by atoms with E-state index >= 15 is 0 Å². The number of hydrogen-bond donors (Lipinski definition) is 3. The van der Waals surface area contributed by atoms with E-state index in [9.17, 15) is 8.42 Å². The van der Waals surface area contributed by atoms with Crippen molar-refractivity contribution in [2.75, 3.05) is 13.1 Å². The van der Waals surface area contributed by atoms with Crippen molar-refractivity contribution in [3.63, 3.8) is 0 Å². The highest BCUT2D eigenvalue weighted by molar-refractivity contribution is 7.85. The minimum Gasteiger partial charge on any atom is -0.286 e. The summed E-state index contributed by atoms with van der Waals surface area (Å²) in [5.74, 6) is 0. The van der Waals surface area contributed by atoms with Gasteiger partial charge in [0.25, 0.3) is 10.1 Å². The molecule has 0 spiro atoms. The van der Waals surface area contributed by atoms with E-state index in [2.05, 4.69) is 72.4 Å². The van der Waals surface area contributed by atoms with Crippen molar-refractivity contribution in [1.29, 1.82) is 0 Å². The predicted octanol–water partition coefficient (Wildman–Crippen LogP) is 3.02. The molecule has 31 heavy (non-hydrogen) atoms. The largest absolute Gasteiger partial charge is 0.294 e. The van der Waals surface area contributed by atoms with Crippen LogP contribution in [0.25, 0.3) is 0 Å². The molecule has 2 unspecified atom stereocenters. The summed E-state index contributed by atoms with van der Waals surface area (Å²) in [4.78, 5) is 8.97. The lowest BCUT2D eigenvalue weighted by Crippen LogP contribution is -2.55. The minimum atomic E-state index is -4.02. The predicted molar refractivity (Wildman–Crippen MR) is 124 cm³/mol. The quantitative estimate of drug-likeness (QED) is 0.469. The van der Waals surface area contributed by atoms with Gasteiger partial charge in [-0.3, -0.25) is 25.2 Å². The molecule has 1 aromatic rings. The third-order valence-electron chi connectivity index (χ3n) is 6.03. The van der Waals surface area contributed by atoms with E-state index in [1.165, 1.54) is 12.1 Å². The second-order valence-electron chi connectivity index (χ2n) is 9.14. The number of rotatable bonds is 5. The van der Waals surface area contributed by atoms with Crippen molar-refractivity contribution in [1.82, 2.24) is 10.6 Å². The van der Waals surface area contributed by atoms with Gasteiger partial charge in [-0.25, -0.2) is 0 Å². The molecule has 1 aromatic carbocycles. The van der Waals surface area contributed by atoms with Gasteiger partial charge in [-0.15, -0.1) is 0 Å². The van der Waals surface area contributed by atoms with E-state index in [0.717, 1.165) is 18.7 Å². The number of nitrogens with zero attached hydrogens (tertiary/aromatic N) is 4. The Morgan fingerprint density at radius 1 is 0.903 bits per heavy atom. The van der Waals surface area contributed by atoms with Gasteiger partial charge in [0.2, 0.25) is 0 Å². The Labute approximate surface area is 185 Å². The first-order valence-corrected chi connectivity index (χ1v) is 11.6. The molecule has 0 bridgehead atoms. The molecule has 2 heterocycles. The van der Waals surface area contributed by atoms with Crippen LogP contribution in [0, 0.1) is 6.92 Å². The van der Waals surface area contributed by atoms with Crippen molar-refractivity contribution < 1.29 is 13.0 Å². The lowest BCUT2D eigenvalue weighted by molar-refractivity contribution is 0.207. The molecule has 172 valence electrons. The van der Waals surface area contributed by atoms with Gasteiger partial charge in [0.1, 0.15) is 22.4 Å². The maximum atomic E-state index is 10.5. The van der Waals surface area contributed by atoms with Gasteiger partial charge in [-0.05, 0) is 60.6 Å². The molecule has 0 fully saturated rings. The molecule has 2 aliphatic rings. The fourth-order valence-electron chi connectivity index (χ4n) is 2.94. The van der Waals surface area contributed by atoms with Crippen molar-refractivity contribution >= 4 is 22.5 Å². The highest BCUT2D eigenvalue weighted by Gasteiger charge is 2.46. The lowest BCUT2D eigenvalue weighted by Gasteiger charge is -2.38. The topological polar surface area (TPSA) is 128 Å².